The molecule has 2 N–H and O–H groups in total. The van der Waals surface area contributed by atoms with Gasteiger partial charge in [0.1, 0.15) is 11.6 Å². The lowest BCUT2D eigenvalue weighted by Crippen LogP contribution is -2.05. The van der Waals surface area contributed by atoms with Crippen molar-refractivity contribution in [1.82, 2.24) is 9.78 Å². The highest BCUT2D eigenvalue weighted by atomic mass is 35.5. The van der Waals surface area contributed by atoms with Crippen molar-refractivity contribution < 1.29 is 4.74 Å². The van der Waals surface area contributed by atoms with Crippen LogP contribution < -0.4 is 10.5 Å². The third-order valence-corrected chi connectivity index (χ3v) is 4.24. The van der Waals surface area contributed by atoms with Gasteiger partial charge < -0.3 is 10.5 Å². The fraction of sp³-hybridized carbons (Fsp3) is 0.211. The summed E-state index contributed by atoms with van der Waals surface area (Å²) in [5.74, 6) is 1.38. The number of benzene rings is 2. The van der Waals surface area contributed by atoms with Crippen molar-refractivity contribution in [3.63, 3.8) is 0 Å². The zero-order chi connectivity index (χ0) is 17.1. The Bertz CT molecular complexity index is 858. The summed E-state index contributed by atoms with van der Waals surface area (Å²) in [6.45, 7) is 2.12. The van der Waals surface area contributed by atoms with E-state index in [1.165, 1.54) is 5.56 Å². The summed E-state index contributed by atoms with van der Waals surface area (Å²) in [6, 6.07) is 15.7. The number of nitrogens with two attached hydrogens (primary N) is 1. The molecule has 0 saturated carbocycles. The molecule has 2 aromatic carbocycles. The number of hydrogen-bond acceptors (Lipinski definition) is 3. The molecule has 0 aliphatic carbocycles. The first-order valence-electron chi connectivity index (χ1n) is 7.87. The van der Waals surface area contributed by atoms with E-state index in [0.717, 1.165) is 29.1 Å². The Morgan fingerprint density at radius 2 is 1.92 bits per heavy atom. The smallest absolute Gasteiger partial charge is 0.127 e. The second kappa shape index (κ2) is 6.97. The minimum absolute atomic E-state index is 0.624. The molecule has 1 heterocycles. The summed E-state index contributed by atoms with van der Waals surface area (Å²) in [5, 5.41) is 5.34. The largest absolute Gasteiger partial charge is 0.496 e. The van der Waals surface area contributed by atoms with Crippen LogP contribution in [0.5, 0.6) is 5.75 Å². The first kappa shape index (κ1) is 16.4. The van der Waals surface area contributed by atoms with E-state index in [4.69, 9.17) is 22.1 Å². The van der Waals surface area contributed by atoms with E-state index in [9.17, 15) is 0 Å². The molecule has 5 heteroatoms. The molecule has 0 aliphatic heterocycles. The number of hydrogen-bond donors (Lipinski definition) is 1. The van der Waals surface area contributed by atoms with Gasteiger partial charge in [-0.05, 0) is 30.2 Å². The Balaban J connectivity index is 1.95. The fourth-order valence-corrected chi connectivity index (χ4v) is 2.96. The van der Waals surface area contributed by atoms with Gasteiger partial charge in [-0.1, -0.05) is 42.8 Å². The molecule has 0 radical (unpaired) electrons. The van der Waals surface area contributed by atoms with Crippen molar-refractivity contribution in [3.05, 3.63) is 70.4 Å². The van der Waals surface area contributed by atoms with Gasteiger partial charge >= 0.3 is 0 Å². The summed E-state index contributed by atoms with van der Waals surface area (Å²) in [6.07, 6.45) is 1.56. The number of aryl methyl sites for hydroxylation is 1. The van der Waals surface area contributed by atoms with Crippen molar-refractivity contribution >= 4 is 17.4 Å². The molecule has 0 fully saturated rings. The van der Waals surface area contributed by atoms with E-state index in [1.807, 2.05) is 42.5 Å². The van der Waals surface area contributed by atoms with Crippen molar-refractivity contribution in [3.8, 4) is 11.4 Å². The first-order valence-corrected chi connectivity index (χ1v) is 8.25. The van der Waals surface area contributed by atoms with Gasteiger partial charge in [0, 0.05) is 23.1 Å². The Labute approximate surface area is 146 Å². The number of aromatic nitrogens is 2. The lowest BCUT2D eigenvalue weighted by atomic mass is 10.1. The van der Waals surface area contributed by atoms with Gasteiger partial charge in [-0.2, -0.15) is 5.10 Å². The maximum atomic E-state index is 6.19. The van der Waals surface area contributed by atoms with E-state index < -0.39 is 0 Å². The molecule has 0 bridgehead atoms. The summed E-state index contributed by atoms with van der Waals surface area (Å²) < 4.78 is 7.21. The molecule has 3 aromatic rings. The first-order chi connectivity index (χ1) is 11.6. The zero-order valence-corrected chi connectivity index (χ0v) is 14.5. The van der Waals surface area contributed by atoms with Crippen LogP contribution in [0.2, 0.25) is 5.02 Å². The zero-order valence-electron chi connectivity index (χ0n) is 13.8. The normalized spacial score (nSPS) is 10.8. The molecule has 0 spiro atoms. The Morgan fingerprint density at radius 1 is 1.12 bits per heavy atom. The van der Waals surface area contributed by atoms with Gasteiger partial charge in [0.2, 0.25) is 0 Å². The number of methoxy groups -OCH3 is 1. The number of rotatable bonds is 5. The molecular formula is C19H20ClN3O. The number of nitrogens with zero attached hydrogens (tertiary/aromatic N) is 2. The van der Waals surface area contributed by atoms with E-state index in [2.05, 4.69) is 18.1 Å². The average molecular weight is 342 g/mol. The van der Waals surface area contributed by atoms with Crippen LogP contribution in [0.15, 0.2) is 48.5 Å². The molecule has 0 unspecified atom stereocenters. The molecule has 0 saturated heterocycles. The van der Waals surface area contributed by atoms with Gasteiger partial charge in [-0.15, -0.1) is 0 Å². The van der Waals surface area contributed by atoms with Gasteiger partial charge in [0.05, 0.1) is 18.5 Å². The minimum atomic E-state index is 0.624. The summed E-state index contributed by atoms with van der Waals surface area (Å²) in [7, 11) is 1.64. The van der Waals surface area contributed by atoms with Crippen LogP contribution in [0.3, 0.4) is 0 Å². The minimum Gasteiger partial charge on any atom is -0.496 e. The highest BCUT2D eigenvalue weighted by Gasteiger charge is 2.12. The van der Waals surface area contributed by atoms with Crippen LogP contribution in [-0.2, 0) is 12.8 Å². The van der Waals surface area contributed by atoms with Gasteiger partial charge in [0.25, 0.3) is 0 Å². The Kier molecular flexibility index (Phi) is 4.76. The summed E-state index contributed by atoms with van der Waals surface area (Å²) in [5.41, 5.74) is 10.3. The monoisotopic (exact) mass is 341 g/mol. The van der Waals surface area contributed by atoms with Crippen molar-refractivity contribution in [2.75, 3.05) is 12.8 Å². The molecule has 4 nitrogen and oxygen atoms in total. The van der Waals surface area contributed by atoms with Crippen LogP contribution in [0, 0.1) is 0 Å². The van der Waals surface area contributed by atoms with E-state index >= 15 is 0 Å². The number of nitrogen functional groups attached to an aromatic ring is 1. The Morgan fingerprint density at radius 3 is 2.67 bits per heavy atom. The molecular weight excluding hydrogens is 322 g/mol. The SMILES string of the molecule is CCc1ccccc1-n1nc(Cc2ccc(Cl)cc2OC)cc1N. The maximum absolute atomic E-state index is 6.19. The predicted octanol–water partition coefficient (Wildman–Crippen LogP) is 4.27. The highest BCUT2D eigenvalue weighted by Crippen LogP contribution is 2.26. The predicted molar refractivity (Wildman–Crippen MR) is 98.2 cm³/mol. The molecule has 0 aliphatic rings. The molecule has 24 heavy (non-hydrogen) atoms. The number of anilines is 1. The number of ether oxygens (including phenoxy) is 1. The van der Waals surface area contributed by atoms with Gasteiger partial charge in [0.15, 0.2) is 0 Å². The summed E-state index contributed by atoms with van der Waals surface area (Å²) >= 11 is 6.02. The average Bonchev–Trinajstić information content (AvgIpc) is 2.96. The highest BCUT2D eigenvalue weighted by molar-refractivity contribution is 6.30. The van der Waals surface area contributed by atoms with Crippen molar-refractivity contribution in [1.29, 1.82) is 0 Å². The molecule has 0 atom stereocenters. The molecule has 3 rings (SSSR count). The van der Waals surface area contributed by atoms with E-state index in [1.54, 1.807) is 11.8 Å². The maximum Gasteiger partial charge on any atom is 0.127 e. The molecule has 0 amide bonds. The van der Waals surface area contributed by atoms with Crippen LogP contribution in [0.25, 0.3) is 5.69 Å². The van der Waals surface area contributed by atoms with Crippen molar-refractivity contribution in [2.24, 2.45) is 0 Å². The van der Waals surface area contributed by atoms with Crippen LogP contribution in [-0.4, -0.2) is 16.9 Å². The topological polar surface area (TPSA) is 53.1 Å². The number of halogens is 1. The second-order valence-electron chi connectivity index (χ2n) is 5.59. The fourth-order valence-electron chi connectivity index (χ4n) is 2.80. The van der Waals surface area contributed by atoms with Crippen molar-refractivity contribution in [2.45, 2.75) is 19.8 Å². The Hall–Kier alpha value is -2.46. The van der Waals surface area contributed by atoms with Crippen LogP contribution >= 0.6 is 11.6 Å². The second-order valence-corrected chi connectivity index (χ2v) is 6.02. The van der Waals surface area contributed by atoms with Gasteiger partial charge in [-0.25, -0.2) is 4.68 Å². The third-order valence-electron chi connectivity index (χ3n) is 4.01. The van der Waals surface area contributed by atoms with Crippen LogP contribution in [0.1, 0.15) is 23.7 Å². The molecule has 1 aromatic heterocycles. The number of para-hydroxylation sites is 1. The summed E-state index contributed by atoms with van der Waals surface area (Å²) in [4.78, 5) is 0. The quantitative estimate of drug-likeness (QED) is 0.754. The molecule has 124 valence electrons. The lowest BCUT2D eigenvalue weighted by Gasteiger charge is -2.09. The third kappa shape index (κ3) is 3.24. The van der Waals surface area contributed by atoms with Crippen LogP contribution in [0.4, 0.5) is 5.82 Å². The van der Waals surface area contributed by atoms with Gasteiger partial charge in [-0.3, -0.25) is 0 Å². The van der Waals surface area contributed by atoms with E-state index in [-0.39, 0.29) is 0 Å². The standard InChI is InChI=1S/C19H20ClN3O/c1-3-13-6-4-5-7-17(13)23-19(21)12-16(22-23)10-14-8-9-15(20)11-18(14)24-2/h4-9,11-12H,3,10,21H2,1-2H3. The van der Waals surface area contributed by atoms with E-state index in [0.29, 0.717) is 17.3 Å². The lowest BCUT2D eigenvalue weighted by molar-refractivity contribution is 0.410.